The van der Waals surface area contributed by atoms with E-state index in [1.807, 2.05) is 24.3 Å². The molecule has 5 heteroatoms. The number of rotatable bonds is 4. The van der Waals surface area contributed by atoms with Gasteiger partial charge in [0, 0.05) is 34.8 Å². The van der Waals surface area contributed by atoms with Crippen molar-refractivity contribution in [2.75, 3.05) is 0 Å². The van der Waals surface area contributed by atoms with E-state index in [9.17, 15) is 0 Å². The minimum atomic E-state index is -0.0311. The Balaban J connectivity index is 1.63. The fourth-order valence-electron chi connectivity index (χ4n) is 4.23. The molecule has 0 bridgehead atoms. The molecule has 5 nitrogen and oxygen atoms in total. The zero-order chi connectivity index (χ0) is 22.9. The van der Waals surface area contributed by atoms with Crippen molar-refractivity contribution in [2.24, 2.45) is 5.41 Å². The van der Waals surface area contributed by atoms with Gasteiger partial charge >= 0.3 is 0 Å². The van der Waals surface area contributed by atoms with Gasteiger partial charge in [0.15, 0.2) is 5.82 Å². The summed E-state index contributed by atoms with van der Waals surface area (Å²) in [6, 6.07) is 22.6. The highest BCUT2D eigenvalue weighted by molar-refractivity contribution is 5.60. The molecule has 0 saturated carbocycles. The van der Waals surface area contributed by atoms with Crippen molar-refractivity contribution in [3.05, 3.63) is 95.1 Å². The Kier molecular flexibility index (Phi) is 5.63. The summed E-state index contributed by atoms with van der Waals surface area (Å²) in [5, 5.41) is 18.0. The standard InChI is InChI=1S/C27H27N5/c1-18-6-7-19(2)32(18)25-15-14-23(30-31-25)21-9-11-22(12-10-21)26(27(3,4)5)24-13-8-20(16-28)17-29-24/h6-15,17,26H,1-5H3. The fourth-order valence-corrected chi connectivity index (χ4v) is 4.23. The molecular formula is C27H27N5. The van der Waals surface area contributed by atoms with E-state index in [0.717, 1.165) is 34.2 Å². The van der Waals surface area contributed by atoms with Gasteiger partial charge in [-0.25, -0.2) is 0 Å². The van der Waals surface area contributed by atoms with Crippen LogP contribution >= 0.6 is 0 Å². The van der Waals surface area contributed by atoms with Crippen LogP contribution in [0.5, 0.6) is 0 Å². The lowest BCUT2D eigenvalue weighted by atomic mass is 9.74. The Morgan fingerprint density at radius 3 is 2.03 bits per heavy atom. The van der Waals surface area contributed by atoms with E-state index in [4.69, 9.17) is 5.26 Å². The predicted molar refractivity (Wildman–Crippen MR) is 127 cm³/mol. The van der Waals surface area contributed by atoms with Crippen molar-refractivity contribution in [3.8, 4) is 23.1 Å². The van der Waals surface area contributed by atoms with Crippen molar-refractivity contribution in [1.82, 2.24) is 19.7 Å². The van der Waals surface area contributed by atoms with Gasteiger partial charge in [-0.15, -0.1) is 10.2 Å². The number of hydrogen-bond donors (Lipinski definition) is 0. The summed E-state index contributed by atoms with van der Waals surface area (Å²) >= 11 is 0. The zero-order valence-electron chi connectivity index (χ0n) is 19.2. The molecule has 1 atom stereocenters. The Labute approximate surface area is 189 Å². The molecule has 4 rings (SSSR count). The first-order valence-electron chi connectivity index (χ1n) is 10.7. The number of hydrogen-bond acceptors (Lipinski definition) is 4. The van der Waals surface area contributed by atoms with Crippen LogP contribution in [-0.4, -0.2) is 19.7 Å². The first-order valence-corrected chi connectivity index (χ1v) is 10.7. The summed E-state index contributed by atoms with van der Waals surface area (Å²) in [5.41, 5.74) is 6.82. The molecule has 32 heavy (non-hydrogen) atoms. The van der Waals surface area contributed by atoms with Crippen molar-refractivity contribution in [3.63, 3.8) is 0 Å². The van der Waals surface area contributed by atoms with E-state index >= 15 is 0 Å². The number of pyridine rings is 1. The van der Waals surface area contributed by atoms with Gasteiger partial charge in [0.25, 0.3) is 0 Å². The highest BCUT2D eigenvalue weighted by atomic mass is 15.2. The lowest BCUT2D eigenvalue weighted by Gasteiger charge is -2.31. The van der Waals surface area contributed by atoms with Crippen LogP contribution in [0.4, 0.5) is 0 Å². The Bertz CT molecular complexity index is 1230. The van der Waals surface area contributed by atoms with Gasteiger partial charge in [-0.1, -0.05) is 45.0 Å². The molecule has 0 radical (unpaired) electrons. The fraction of sp³-hybridized carbons (Fsp3) is 0.259. The highest BCUT2D eigenvalue weighted by Crippen LogP contribution is 2.40. The summed E-state index contributed by atoms with van der Waals surface area (Å²) < 4.78 is 2.10. The summed E-state index contributed by atoms with van der Waals surface area (Å²) in [6.45, 7) is 10.8. The molecule has 0 saturated heterocycles. The third-order valence-corrected chi connectivity index (χ3v) is 5.77. The quantitative estimate of drug-likeness (QED) is 0.405. The van der Waals surface area contributed by atoms with Crippen molar-refractivity contribution in [2.45, 2.75) is 40.5 Å². The molecule has 0 amide bonds. The van der Waals surface area contributed by atoms with E-state index in [2.05, 4.69) is 96.8 Å². The average molecular weight is 422 g/mol. The number of nitriles is 1. The maximum Gasteiger partial charge on any atom is 0.159 e. The summed E-state index contributed by atoms with van der Waals surface area (Å²) in [4.78, 5) is 4.57. The van der Waals surface area contributed by atoms with Crippen LogP contribution in [0, 0.1) is 30.6 Å². The molecule has 160 valence electrons. The molecule has 1 unspecified atom stereocenters. The third-order valence-electron chi connectivity index (χ3n) is 5.77. The largest absolute Gasteiger partial charge is 0.302 e. The first-order chi connectivity index (χ1) is 15.3. The molecule has 0 fully saturated rings. The third kappa shape index (κ3) is 4.17. The van der Waals surface area contributed by atoms with E-state index < -0.39 is 0 Å². The molecule has 1 aromatic carbocycles. The topological polar surface area (TPSA) is 67.4 Å². The Morgan fingerprint density at radius 1 is 0.844 bits per heavy atom. The molecule has 3 aromatic heterocycles. The molecule has 4 aromatic rings. The van der Waals surface area contributed by atoms with Gasteiger partial charge in [0.2, 0.25) is 0 Å². The lowest BCUT2D eigenvalue weighted by molar-refractivity contribution is 0.353. The second-order valence-electron chi connectivity index (χ2n) is 9.23. The second-order valence-corrected chi connectivity index (χ2v) is 9.23. The van der Waals surface area contributed by atoms with Gasteiger partial charge in [-0.3, -0.25) is 4.98 Å². The van der Waals surface area contributed by atoms with Crippen LogP contribution in [-0.2, 0) is 0 Å². The lowest BCUT2D eigenvalue weighted by Crippen LogP contribution is -2.20. The minimum absolute atomic E-state index is 0.0311. The van der Waals surface area contributed by atoms with Crippen molar-refractivity contribution >= 4 is 0 Å². The number of nitrogens with zero attached hydrogens (tertiary/aromatic N) is 5. The number of benzene rings is 1. The summed E-state index contributed by atoms with van der Waals surface area (Å²) in [5.74, 6) is 0.933. The van der Waals surface area contributed by atoms with Crippen molar-refractivity contribution < 1.29 is 0 Å². The Morgan fingerprint density at radius 2 is 1.53 bits per heavy atom. The second kappa shape index (κ2) is 8.39. The van der Waals surface area contributed by atoms with Crippen molar-refractivity contribution in [1.29, 1.82) is 5.26 Å². The van der Waals surface area contributed by atoms with Crippen LogP contribution < -0.4 is 0 Å². The molecule has 0 aliphatic heterocycles. The molecule has 0 aliphatic rings. The van der Waals surface area contributed by atoms with Gasteiger partial charge < -0.3 is 4.57 Å². The Hall–Kier alpha value is -3.78. The van der Waals surface area contributed by atoms with Gasteiger partial charge in [-0.05, 0) is 61.2 Å². The van der Waals surface area contributed by atoms with Crippen LogP contribution in [0.3, 0.4) is 0 Å². The smallest absolute Gasteiger partial charge is 0.159 e. The van der Waals surface area contributed by atoms with Crippen LogP contribution in [0.1, 0.15) is 54.9 Å². The zero-order valence-corrected chi connectivity index (χ0v) is 19.2. The molecule has 3 heterocycles. The van der Waals surface area contributed by atoms with Crippen LogP contribution in [0.15, 0.2) is 66.9 Å². The van der Waals surface area contributed by atoms with E-state index in [1.54, 1.807) is 6.20 Å². The van der Waals surface area contributed by atoms with Crippen LogP contribution in [0.25, 0.3) is 17.1 Å². The molecular weight excluding hydrogens is 394 g/mol. The maximum absolute atomic E-state index is 9.08. The monoisotopic (exact) mass is 421 g/mol. The highest BCUT2D eigenvalue weighted by Gasteiger charge is 2.29. The van der Waals surface area contributed by atoms with Gasteiger partial charge in [-0.2, -0.15) is 5.26 Å². The van der Waals surface area contributed by atoms with E-state index in [-0.39, 0.29) is 11.3 Å². The SMILES string of the molecule is Cc1ccc(C)n1-c1ccc(-c2ccc(C(c3ccc(C#N)cn3)C(C)(C)C)cc2)nn1. The van der Waals surface area contributed by atoms with Gasteiger partial charge in [0.1, 0.15) is 6.07 Å². The molecule has 0 spiro atoms. The number of aryl methyl sites for hydroxylation is 2. The van der Waals surface area contributed by atoms with Crippen LogP contribution in [0.2, 0.25) is 0 Å². The first kappa shape index (κ1) is 21.5. The van der Waals surface area contributed by atoms with E-state index in [1.165, 1.54) is 5.56 Å². The van der Waals surface area contributed by atoms with Gasteiger partial charge in [0.05, 0.1) is 11.3 Å². The predicted octanol–water partition coefficient (Wildman–Crippen LogP) is 6.00. The normalized spacial score (nSPS) is 12.4. The number of aromatic nitrogens is 4. The maximum atomic E-state index is 9.08. The van der Waals surface area contributed by atoms with E-state index in [0.29, 0.717) is 5.56 Å². The molecule has 0 aliphatic carbocycles. The molecule has 0 N–H and O–H groups in total. The average Bonchev–Trinajstić information content (AvgIpc) is 3.12. The minimum Gasteiger partial charge on any atom is -0.302 e. The summed E-state index contributed by atoms with van der Waals surface area (Å²) in [6.07, 6.45) is 1.65. The summed E-state index contributed by atoms with van der Waals surface area (Å²) in [7, 11) is 0.